The first-order valence-corrected chi connectivity index (χ1v) is 14.6. The Kier molecular flexibility index (Phi) is 6.62. The Balaban J connectivity index is 1.22. The van der Waals surface area contributed by atoms with E-state index in [9.17, 15) is 35.1 Å². The Morgan fingerprint density at radius 2 is 1.72 bits per heavy atom. The fraction of sp³-hybridized carbons (Fsp3) is 0.862. The van der Waals surface area contributed by atoms with Crippen LogP contribution in [-0.4, -0.2) is 85.8 Å². The van der Waals surface area contributed by atoms with Gasteiger partial charge < -0.3 is 44.5 Å². The first-order valence-electron chi connectivity index (χ1n) is 14.6. The van der Waals surface area contributed by atoms with Gasteiger partial charge in [0.05, 0.1) is 35.2 Å². The molecule has 0 spiro atoms. The molecule has 13 unspecified atom stereocenters. The van der Waals surface area contributed by atoms with Crippen molar-refractivity contribution >= 4 is 12.3 Å². The minimum absolute atomic E-state index is 0.0507. The molecule has 6 aliphatic rings. The maximum atomic E-state index is 13.0. The molecule has 39 heavy (non-hydrogen) atoms. The minimum Gasteiger partial charge on any atom is -0.431 e. The number of aliphatic hydroxyl groups excluding tert-OH is 3. The molecule has 218 valence electrons. The summed E-state index contributed by atoms with van der Waals surface area (Å²) in [6, 6.07) is 0. The third-order valence-electron chi connectivity index (χ3n) is 11.9. The van der Waals surface area contributed by atoms with Crippen LogP contribution in [0.15, 0.2) is 11.8 Å². The fourth-order valence-electron chi connectivity index (χ4n) is 9.63. The van der Waals surface area contributed by atoms with Gasteiger partial charge in [-0.1, -0.05) is 6.92 Å². The first kappa shape index (κ1) is 27.8. The van der Waals surface area contributed by atoms with Crippen LogP contribution in [0.3, 0.4) is 0 Å². The van der Waals surface area contributed by atoms with Gasteiger partial charge in [0.1, 0.15) is 30.4 Å². The van der Waals surface area contributed by atoms with Crippen LogP contribution in [-0.2, 0) is 23.8 Å². The molecule has 0 bridgehead atoms. The summed E-state index contributed by atoms with van der Waals surface area (Å²) in [6.45, 7) is 3.68. The maximum absolute atomic E-state index is 13.0. The second kappa shape index (κ2) is 9.31. The number of hydrogen-bond acceptors (Lipinski definition) is 10. The lowest BCUT2D eigenvalue weighted by Crippen LogP contribution is -2.69. The molecule has 0 aromatic rings. The van der Waals surface area contributed by atoms with Gasteiger partial charge in [-0.05, 0) is 76.2 Å². The summed E-state index contributed by atoms with van der Waals surface area (Å²) in [5.41, 5.74) is -3.89. The van der Waals surface area contributed by atoms with Gasteiger partial charge >= 0.3 is 5.97 Å². The average molecular weight is 551 g/mol. The van der Waals surface area contributed by atoms with Crippen molar-refractivity contribution in [3.05, 3.63) is 11.8 Å². The summed E-state index contributed by atoms with van der Waals surface area (Å²) < 4.78 is 17.2. The lowest BCUT2D eigenvalue weighted by atomic mass is 9.42. The molecule has 0 amide bonds. The Labute approximate surface area is 228 Å². The number of aldehydes is 1. The highest BCUT2D eigenvalue weighted by molar-refractivity contribution is 5.75. The second-order valence-corrected chi connectivity index (χ2v) is 13.4. The van der Waals surface area contributed by atoms with Gasteiger partial charge in [-0.15, -0.1) is 0 Å². The summed E-state index contributed by atoms with van der Waals surface area (Å²) in [5, 5.41) is 55.0. The lowest BCUT2D eigenvalue weighted by Gasteiger charge is -2.65. The van der Waals surface area contributed by atoms with Crippen LogP contribution in [0.5, 0.6) is 0 Å². The van der Waals surface area contributed by atoms with E-state index in [-0.39, 0.29) is 36.6 Å². The number of fused-ring (bicyclic) bond motifs is 5. The van der Waals surface area contributed by atoms with Crippen molar-refractivity contribution in [2.75, 3.05) is 0 Å². The lowest BCUT2D eigenvalue weighted by molar-refractivity contribution is -0.317. The molecule has 6 rings (SSSR count). The zero-order valence-corrected chi connectivity index (χ0v) is 22.7. The molecular weight excluding hydrogens is 508 g/mol. The van der Waals surface area contributed by atoms with Crippen molar-refractivity contribution in [3.63, 3.8) is 0 Å². The number of allylic oxidation sites excluding steroid dienone is 1. The van der Waals surface area contributed by atoms with Crippen molar-refractivity contribution in [2.24, 2.45) is 28.6 Å². The van der Waals surface area contributed by atoms with Crippen LogP contribution in [0.4, 0.5) is 0 Å². The predicted molar refractivity (Wildman–Crippen MR) is 135 cm³/mol. The van der Waals surface area contributed by atoms with E-state index in [1.807, 2.05) is 6.08 Å². The highest BCUT2D eigenvalue weighted by Gasteiger charge is 2.72. The van der Waals surface area contributed by atoms with Crippen LogP contribution in [0.1, 0.15) is 78.1 Å². The number of rotatable bonds is 4. The molecule has 10 nitrogen and oxygen atoms in total. The predicted octanol–water partition coefficient (Wildman–Crippen LogP) is 1.10. The van der Waals surface area contributed by atoms with E-state index in [1.54, 1.807) is 6.92 Å². The van der Waals surface area contributed by atoms with Gasteiger partial charge in [0, 0.05) is 17.8 Å². The van der Waals surface area contributed by atoms with Crippen LogP contribution in [0.25, 0.3) is 0 Å². The third kappa shape index (κ3) is 3.78. The number of hydrogen-bond donors (Lipinski definition) is 5. The monoisotopic (exact) mass is 550 g/mol. The van der Waals surface area contributed by atoms with Gasteiger partial charge in [0.25, 0.3) is 0 Å². The van der Waals surface area contributed by atoms with E-state index >= 15 is 0 Å². The smallest absolute Gasteiger partial charge is 0.314 e. The van der Waals surface area contributed by atoms with Gasteiger partial charge in [0.15, 0.2) is 6.29 Å². The first-order chi connectivity index (χ1) is 18.4. The minimum atomic E-state index is -1.44. The highest BCUT2D eigenvalue weighted by atomic mass is 16.7. The molecule has 0 radical (unpaired) electrons. The van der Waals surface area contributed by atoms with E-state index in [1.165, 1.54) is 0 Å². The summed E-state index contributed by atoms with van der Waals surface area (Å²) in [7, 11) is 0. The van der Waals surface area contributed by atoms with Gasteiger partial charge in [0.2, 0.25) is 0 Å². The normalized spacial score (nSPS) is 55.2. The second-order valence-electron chi connectivity index (χ2n) is 13.4. The Morgan fingerprint density at radius 1 is 0.974 bits per heavy atom. The molecule has 5 fully saturated rings. The van der Waals surface area contributed by atoms with Crippen molar-refractivity contribution in [1.29, 1.82) is 0 Å². The van der Waals surface area contributed by atoms with Crippen LogP contribution in [0.2, 0.25) is 0 Å². The largest absolute Gasteiger partial charge is 0.431 e. The Hall–Kier alpha value is -1.40. The van der Waals surface area contributed by atoms with Crippen molar-refractivity contribution in [3.8, 4) is 0 Å². The van der Waals surface area contributed by atoms with Crippen LogP contribution < -0.4 is 0 Å². The zero-order chi connectivity index (χ0) is 28.0. The molecule has 4 saturated carbocycles. The van der Waals surface area contributed by atoms with Gasteiger partial charge in [-0.3, -0.25) is 4.79 Å². The van der Waals surface area contributed by atoms with Crippen molar-refractivity contribution < 1.29 is 49.3 Å². The van der Waals surface area contributed by atoms with E-state index in [2.05, 4.69) is 6.92 Å². The van der Waals surface area contributed by atoms with Gasteiger partial charge in [-0.25, -0.2) is 0 Å². The number of ether oxygens (including phenoxy) is 3. The fourth-order valence-corrected chi connectivity index (χ4v) is 9.63. The Bertz CT molecular complexity index is 1050. The number of aliphatic hydroxyl groups is 5. The standard InChI is InChI=1S/C29H42O10/c1-15-22(32)23(33)24(34)25(37-15)38-16-5-10-27(14-30)17-6-9-26(2)19(20-3-4-21(31)39-20)8-12-29(26,36)18(17)7-11-28(27,35)13-16/h3,14-19,22-25,32-36H,4-13H2,1-2H3. The molecule has 2 heterocycles. The van der Waals surface area contributed by atoms with E-state index in [0.29, 0.717) is 57.1 Å². The topological polar surface area (TPSA) is 163 Å². The number of carbonyl (C=O) groups excluding carboxylic acids is 2. The summed E-state index contributed by atoms with van der Waals surface area (Å²) >= 11 is 0. The molecule has 5 N–H and O–H groups in total. The quantitative estimate of drug-likeness (QED) is 0.195. The van der Waals surface area contributed by atoms with E-state index in [4.69, 9.17) is 14.2 Å². The summed E-state index contributed by atoms with van der Waals surface area (Å²) in [4.78, 5) is 24.8. The highest BCUT2D eigenvalue weighted by Crippen LogP contribution is 2.70. The van der Waals surface area contributed by atoms with E-state index in [0.717, 1.165) is 6.29 Å². The van der Waals surface area contributed by atoms with Crippen molar-refractivity contribution in [2.45, 2.75) is 126 Å². The molecule has 0 aromatic heterocycles. The average Bonchev–Trinajstić information content (AvgIpc) is 3.45. The molecule has 4 aliphatic carbocycles. The van der Waals surface area contributed by atoms with Gasteiger partial charge in [-0.2, -0.15) is 0 Å². The molecule has 10 heteroatoms. The van der Waals surface area contributed by atoms with Crippen molar-refractivity contribution in [1.82, 2.24) is 0 Å². The number of cyclic esters (lactones) is 1. The molecule has 1 saturated heterocycles. The Morgan fingerprint density at radius 3 is 2.41 bits per heavy atom. The molecular formula is C29H42O10. The number of esters is 1. The summed E-state index contributed by atoms with van der Waals surface area (Å²) in [6.07, 6.45) is 1.07. The van der Waals surface area contributed by atoms with Crippen LogP contribution >= 0.6 is 0 Å². The SMILES string of the molecule is CC1OC(OC2CCC3(C=O)C4CCC5(C)C(C6=CCC(=O)O6)CCC5(O)C4CCC3(O)C2)C(O)C(O)C1O. The van der Waals surface area contributed by atoms with Crippen LogP contribution in [0, 0.1) is 28.6 Å². The molecule has 13 atom stereocenters. The summed E-state index contributed by atoms with van der Waals surface area (Å²) in [5.74, 6) is 0.00453. The molecule has 0 aromatic carbocycles. The van der Waals surface area contributed by atoms with E-state index < -0.39 is 58.8 Å². The third-order valence-corrected chi connectivity index (χ3v) is 11.9. The maximum Gasteiger partial charge on any atom is 0.314 e. The molecule has 2 aliphatic heterocycles. The zero-order valence-electron chi connectivity index (χ0n) is 22.7. The number of carbonyl (C=O) groups is 2.